The van der Waals surface area contributed by atoms with Crippen LogP contribution in [-0.2, 0) is 10.9 Å². The molecule has 2 unspecified atom stereocenters. The molecule has 32 heavy (non-hydrogen) atoms. The number of aromatic nitrogens is 2. The van der Waals surface area contributed by atoms with Crippen LogP contribution in [0.2, 0.25) is 0 Å². The molecule has 0 spiro atoms. The molecule has 3 rings (SSSR count). The number of benzene rings is 1. The lowest BCUT2D eigenvalue weighted by Crippen LogP contribution is -2.29. The van der Waals surface area contributed by atoms with Gasteiger partial charge in [0.25, 0.3) is 0 Å². The number of ether oxygens (including phenoxy) is 2. The molecule has 1 aromatic heterocycles. The van der Waals surface area contributed by atoms with Gasteiger partial charge in [-0.25, -0.2) is 14.8 Å². The van der Waals surface area contributed by atoms with Crippen LogP contribution in [0.15, 0.2) is 30.3 Å². The Labute approximate surface area is 177 Å². The maximum atomic E-state index is 12.9. The van der Waals surface area contributed by atoms with E-state index in [0.717, 1.165) is 6.07 Å². The van der Waals surface area contributed by atoms with Crippen LogP contribution in [0.1, 0.15) is 47.2 Å². The van der Waals surface area contributed by atoms with Crippen molar-refractivity contribution in [2.24, 2.45) is 0 Å². The highest BCUT2D eigenvalue weighted by atomic mass is 19.4. The first-order chi connectivity index (χ1) is 14.9. The average Bonchev–Trinajstić information content (AvgIpc) is 2.71. The summed E-state index contributed by atoms with van der Waals surface area (Å²) < 4.78 is 85.3. The van der Waals surface area contributed by atoms with E-state index in [1.54, 1.807) is 0 Å². The first kappa shape index (κ1) is 23.6. The van der Waals surface area contributed by atoms with Crippen molar-refractivity contribution in [2.45, 2.75) is 44.0 Å². The SMILES string of the molecule is O=C(O)c1cc(NCC2CCCC(c3ccc(OC(F)(F)F)cc3)O2)nc(C(F)(F)F)n1. The van der Waals surface area contributed by atoms with Crippen molar-refractivity contribution in [3.05, 3.63) is 47.4 Å². The van der Waals surface area contributed by atoms with Gasteiger partial charge in [-0.1, -0.05) is 12.1 Å². The van der Waals surface area contributed by atoms with Crippen molar-refractivity contribution in [1.29, 1.82) is 0 Å². The van der Waals surface area contributed by atoms with Gasteiger partial charge < -0.3 is 19.9 Å². The third-order valence-corrected chi connectivity index (χ3v) is 4.54. The fourth-order valence-corrected chi connectivity index (χ4v) is 3.17. The average molecular weight is 465 g/mol. The number of halogens is 6. The maximum Gasteiger partial charge on any atom is 0.573 e. The van der Waals surface area contributed by atoms with Crippen molar-refractivity contribution in [2.75, 3.05) is 11.9 Å². The summed E-state index contributed by atoms with van der Waals surface area (Å²) in [6.45, 7) is 0.0408. The summed E-state index contributed by atoms with van der Waals surface area (Å²) in [5, 5.41) is 11.6. The van der Waals surface area contributed by atoms with Crippen molar-refractivity contribution in [1.82, 2.24) is 9.97 Å². The van der Waals surface area contributed by atoms with Crippen LogP contribution < -0.4 is 10.1 Å². The molecule has 1 aromatic carbocycles. The number of nitrogens with one attached hydrogen (secondary N) is 1. The number of anilines is 1. The van der Waals surface area contributed by atoms with Gasteiger partial charge in [-0.3, -0.25) is 0 Å². The minimum absolute atomic E-state index is 0.0408. The van der Waals surface area contributed by atoms with Crippen molar-refractivity contribution >= 4 is 11.8 Å². The number of alkyl halides is 6. The van der Waals surface area contributed by atoms with Crippen LogP contribution in [0.3, 0.4) is 0 Å². The molecule has 0 radical (unpaired) electrons. The van der Waals surface area contributed by atoms with Crippen molar-refractivity contribution in [3.8, 4) is 5.75 Å². The number of hydrogen-bond acceptors (Lipinski definition) is 6. The van der Waals surface area contributed by atoms with Gasteiger partial charge in [-0.2, -0.15) is 13.2 Å². The summed E-state index contributed by atoms with van der Waals surface area (Å²) in [6.07, 6.45) is -8.72. The summed E-state index contributed by atoms with van der Waals surface area (Å²) in [5.41, 5.74) is -0.183. The zero-order chi connectivity index (χ0) is 23.5. The quantitative estimate of drug-likeness (QED) is 0.591. The van der Waals surface area contributed by atoms with E-state index in [0.29, 0.717) is 24.8 Å². The van der Waals surface area contributed by atoms with E-state index < -0.39 is 42.2 Å². The zero-order valence-electron chi connectivity index (χ0n) is 16.2. The van der Waals surface area contributed by atoms with E-state index in [-0.39, 0.29) is 18.1 Å². The molecule has 2 atom stereocenters. The van der Waals surface area contributed by atoms with Gasteiger partial charge in [0.2, 0.25) is 5.82 Å². The molecule has 2 heterocycles. The molecule has 2 aromatic rings. The third kappa shape index (κ3) is 6.45. The standard InChI is InChI=1S/C19H17F6N3O4/c20-18(21,22)17-27-13(16(29)30)8-15(28-17)26-9-12-2-1-3-14(31-12)10-4-6-11(7-5-10)32-19(23,24)25/h4-8,12,14H,1-3,9H2,(H,29,30)(H,26,27,28). The largest absolute Gasteiger partial charge is 0.573 e. The molecule has 1 saturated heterocycles. The van der Waals surface area contributed by atoms with Gasteiger partial charge in [0, 0.05) is 12.6 Å². The smallest absolute Gasteiger partial charge is 0.477 e. The number of hydrogen-bond donors (Lipinski definition) is 2. The number of carboxylic acid groups (broad SMARTS) is 1. The van der Waals surface area contributed by atoms with Crippen molar-refractivity contribution < 1.29 is 45.7 Å². The third-order valence-electron chi connectivity index (χ3n) is 4.54. The Hall–Kier alpha value is -3.09. The Bertz CT molecular complexity index is 950. The molecular formula is C19H17F6N3O4. The normalized spacial score (nSPS) is 19.4. The van der Waals surface area contributed by atoms with Crippen LogP contribution in [0.25, 0.3) is 0 Å². The summed E-state index contributed by atoms with van der Waals surface area (Å²) in [6, 6.07) is 6.11. The fourth-order valence-electron chi connectivity index (χ4n) is 3.17. The fraction of sp³-hybridized carbons (Fsp3) is 0.421. The molecule has 2 N–H and O–H groups in total. The number of nitrogens with zero attached hydrogens (tertiary/aromatic N) is 2. The molecule has 0 saturated carbocycles. The highest BCUT2D eigenvalue weighted by molar-refractivity contribution is 5.86. The first-order valence-corrected chi connectivity index (χ1v) is 9.35. The Morgan fingerprint density at radius 3 is 2.41 bits per heavy atom. The van der Waals surface area contributed by atoms with E-state index in [1.807, 2.05) is 0 Å². The van der Waals surface area contributed by atoms with Gasteiger partial charge in [0.15, 0.2) is 5.69 Å². The predicted octanol–water partition coefficient (Wildman–Crippen LogP) is 4.81. The number of aromatic carboxylic acids is 1. The van der Waals surface area contributed by atoms with E-state index in [2.05, 4.69) is 20.0 Å². The molecule has 0 amide bonds. The lowest BCUT2D eigenvalue weighted by atomic mass is 9.98. The molecular weight excluding hydrogens is 448 g/mol. The lowest BCUT2D eigenvalue weighted by Gasteiger charge is -2.30. The predicted molar refractivity (Wildman–Crippen MR) is 97.1 cm³/mol. The summed E-state index contributed by atoms with van der Waals surface area (Å²) in [4.78, 5) is 17.4. The van der Waals surface area contributed by atoms with Gasteiger partial charge >= 0.3 is 18.5 Å². The molecule has 0 aliphatic carbocycles. The zero-order valence-corrected chi connectivity index (χ0v) is 16.2. The highest BCUT2D eigenvalue weighted by Crippen LogP contribution is 2.33. The summed E-state index contributed by atoms with van der Waals surface area (Å²) in [5.74, 6) is -3.89. The van der Waals surface area contributed by atoms with E-state index >= 15 is 0 Å². The van der Waals surface area contributed by atoms with Crippen LogP contribution in [0.5, 0.6) is 5.75 Å². The molecule has 13 heteroatoms. The van der Waals surface area contributed by atoms with Gasteiger partial charge in [-0.15, -0.1) is 13.2 Å². The monoisotopic (exact) mass is 465 g/mol. The number of carbonyl (C=O) groups is 1. The Morgan fingerprint density at radius 2 is 1.81 bits per heavy atom. The second-order valence-electron chi connectivity index (χ2n) is 6.94. The molecule has 1 aliphatic rings. The van der Waals surface area contributed by atoms with E-state index in [4.69, 9.17) is 9.84 Å². The van der Waals surface area contributed by atoms with Gasteiger partial charge in [-0.05, 0) is 37.0 Å². The topological polar surface area (TPSA) is 93.6 Å². The molecule has 174 valence electrons. The van der Waals surface area contributed by atoms with Gasteiger partial charge in [0.05, 0.1) is 12.2 Å². The number of carboxylic acids is 1. The lowest BCUT2D eigenvalue weighted by molar-refractivity contribution is -0.274. The minimum Gasteiger partial charge on any atom is -0.477 e. The Morgan fingerprint density at radius 1 is 1.12 bits per heavy atom. The van der Waals surface area contributed by atoms with Crippen molar-refractivity contribution in [3.63, 3.8) is 0 Å². The Balaban J connectivity index is 1.64. The number of rotatable bonds is 6. The molecule has 0 bridgehead atoms. The van der Waals surface area contributed by atoms with Crippen LogP contribution in [0.4, 0.5) is 32.2 Å². The van der Waals surface area contributed by atoms with Crippen LogP contribution >= 0.6 is 0 Å². The molecule has 7 nitrogen and oxygen atoms in total. The maximum absolute atomic E-state index is 12.9. The van der Waals surface area contributed by atoms with E-state index in [1.165, 1.54) is 24.3 Å². The highest BCUT2D eigenvalue weighted by Gasteiger charge is 2.36. The van der Waals surface area contributed by atoms with E-state index in [9.17, 15) is 31.1 Å². The second-order valence-corrected chi connectivity index (χ2v) is 6.94. The van der Waals surface area contributed by atoms with Gasteiger partial charge in [0.1, 0.15) is 11.6 Å². The summed E-state index contributed by atoms with van der Waals surface area (Å²) >= 11 is 0. The second kappa shape index (κ2) is 9.18. The summed E-state index contributed by atoms with van der Waals surface area (Å²) in [7, 11) is 0. The Kier molecular flexibility index (Phi) is 6.77. The minimum atomic E-state index is -4.92. The van der Waals surface area contributed by atoms with Crippen LogP contribution in [-0.4, -0.2) is 40.1 Å². The first-order valence-electron chi connectivity index (χ1n) is 9.35. The van der Waals surface area contributed by atoms with Crippen LogP contribution in [0, 0.1) is 0 Å². The molecule has 1 fully saturated rings. The molecule has 1 aliphatic heterocycles.